The molecule has 0 bridgehead atoms. The zero-order valence-electron chi connectivity index (χ0n) is 8.16. The van der Waals surface area contributed by atoms with E-state index in [1.807, 2.05) is 17.8 Å². The van der Waals surface area contributed by atoms with Crippen LogP contribution in [0.1, 0.15) is 18.5 Å². The molecule has 0 aliphatic heterocycles. The number of thiocarbonyl (C=S) groups is 1. The van der Waals surface area contributed by atoms with Crippen LogP contribution in [-0.4, -0.2) is 20.9 Å². The molecular weight excluding hydrogens is 196 g/mol. The molecule has 1 aliphatic carbocycles. The highest BCUT2D eigenvalue weighted by atomic mass is 32.1. The molecule has 76 valence electrons. The van der Waals surface area contributed by atoms with Gasteiger partial charge in [-0.15, -0.1) is 0 Å². The Hall–Kier alpha value is -1.10. The quantitative estimate of drug-likeness (QED) is 0.715. The highest BCUT2D eigenvalue weighted by Crippen LogP contribution is 2.18. The second-order valence-electron chi connectivity index (χ2n) is 3.55. The van der Waals surface area contributed by atoms with Gasteiger partial charge in [-0.05, 0) is 31.1 Å². The zero-order valence-corrected chi connectivity index (χ0v) is 8.97. The lowest BCUT2D eigenvalue weighted by Crippen LogP contribution is -2.36. The molecule has 1 heterocycles. The van der Waals surface area contributed by atoms with Gasteiger partial charge < -0.3 is 10.6 Å². The minimum absolute atomic E-state index is 0.613. The molecule has 1 aliphatic rings. The van der Waals surface area contributed by atoms with E-state index in [-0.39, 0.29) is 0 Å². The van der Waals surface area contributed by atoms with Gasteiger partial charge in [0.05, 0.1) is 12.2 Å². The van der Waals surface area contributed by atoms with Gasteiger partial charge in [0.1, 0.15) is 0 Å². The fraction of sp³-hybridized carbons (Fsp3) is 0.556. The molecule has 1 saturated carbocycles. The number of nitrogens with one attached hydrogen (secondary N) is 2. The van der Waals surface area contributed by atoms with E-state index in [4.69, 9.17) is 12.2 Å². The highest BCUT2D eigenvalue weighted by molar-refractivity contribution is 7.80. The van der Waals surface area contributed by atoms with Crippen LogP contribution < -0.4 is 10.6 Å². The summed E-state index contributed by atoms with van der Waals surface area (Å²) in [6.45, 7) is 0.731. The van der Waals surface area contributed by atoms with Crippen LogP contribution in [0.25, 0.3) is 0 Å². The number of hydrogen-bond acceptors (Lipinski definition) is 2. The lowest BCUT2D eigenvalue weighted by molar-refractivity contribution is 0.688. The molecule has 0 amide bonds. The van der Waals surface area contributed by atoms with Crippen LogP contribution in [0.15, 0.2) is 12.3 Å². The zero-order chi connectivity index (χ0) is 9.97. The maximum atomic E-state index is 5.13. The fourth-order valence-electron chi connectivity index (χ4n) is 1.21. The molecule has 0 saturated heterocycles. The molecule has 14 heavy (non-hydrogen) atoms. The van der Waals surface area contributed by atoms with E-state index in [1.54, 1.807) is 6.20 Å². The minimum Gasteiger partial charge on any atom is -0.360 e. The first-order valence-electron chi connectivity index (χ1n) is 4.77. The summed E-state index contributed by atoms with van der Waals surface area (Å²) in [5.41, 5.74) is 1.13. The molecule has 0 unspecified atom stereocenters. The van der Waals surface area contributed by atoms with Crippen molar-refractivity contribution in [2.75, 3.05) is 0 Å². The monoisotopic (exact) mass is 210 g/mol. The first-order valence-corrected chi connectivity index (χ1v) is 5.18. The Morgan fingerprint density at radius 1 is 1.71 bits per heavy atom. The number of aromatic nitrogens is 2. The van der Waals surface area contributed by atoms with Gasteiger partial charge in [0, 0.05) is 19.3 Å². The molecule has 1 fully saturated rings. The Labute approximate surface area is 88.7 Å². The standard InChI is InChI=1S/C9H14N4S/c1-13-8(4-5-11-13)6-10-9(14)12-7-2-3-7/h4-5,7H,2-3,6H2,1H3,(H2,10,12,14). The van der Waals surface area contributed by atoms with E-state index < -0.39 is 0 Å². The first-order chi connectivity index (χ1) is 6.75. The number of aryl methyl sites for hydroxylation is 1. The minimum atomic E-state index is 0.613. The van der Waals surface area contributed by atoms with Crippen molar-refractivity contribution in [2.45, 2.75) is 25.4 Å². The summed E-state index contributed by atoms with van der Waals surface area (Å²) in [6.07, 6.45) is 4.27. The van der Waals surface area contributed by atoms with Crippen molar-refractivity contribution in [3.8, 4) is 0 Å². The average molecular weight is 210 g/mol. The van der Waals surface area contributed by atoms with Crippen LogP contribution >= 0.6 is 12.2 Å². The van der Waals surface area contributed by atoms with Crippen LogP contribution in [0.5, 0.6) is 0 Å². The van der Waals surface area contributed by atoms with Crippen molar-refractivity contribution in [2.24, 2.45) is 7.05 Å². The van der Waals surface area contributed by atoms with Gasteiger partial charge in [0.25, 0.3) is 0 Å². The number of nitrogens with zero attached hydrogens (tertiary/aromatic N) is 2. The molecule has 0 aromatic carbocycles. The van der Waals surface area contributed by atoms with Gasteiger partial charge in [-0.2, -0.15) is 5.10 Å². The lowest BCUT2D eigenvalue weighted by atomic mass is 10.4. The van der Waals surface area contributed by atoms with Crippen LogP contribution in [-0.2, 0) is 13.6 Å². The summed E-state index contributed by atoms with van der Waals surface area (Å²) < 4.78 is 1.84. The topological polar surface area (TPSA) is 41.9 Å². The van der Waals surface area contributed by atoms with Crippen molar-refractivity contribution in [1.29, 1.82) is 0 Å². The first kappa shape index (κ1) is 9.45. The van der Waals surface area contributed by atoms with Gasteiger partial charge in [-0.25, -0.2) is 0 Å². The molecule has 2 N–H and O–H groups in total. The van der Waals surface area contributed by atoms with Crippen molar-refractivity contribution >= 4 is 17.3 Å². The largest absolute Gasteiger partial charge is 0.360 e. The normalized spacial score (nSPS) is 15.2. The SMILES string of the molecule is Cn1nccc1CNC(=S)NC1CC1. The predicted octanol–water partition coefficient (Wildman–Crippen LogP) is 0.547. The Kier molecular flexibility index (Phi) is 2.67. The maximum Gasteiger partial charge on any atom is 0.166 e. The molecule has 4 nitrogen and oxygen atoms in total. The van der Waals surface area contributed by atoms with Crippen molar-refractivity contribution in [1.82, 2.24) is 20.4 Å². The lowest BCUT2D eigenvalue weighted by Gasteiger charge is -2.09. The molecule has 5 heteroatoms. The molecule has 1 aromatic heterocycles. The smallest absolute Gasteiger partial charge is 0.166 e. The van der Waals surface area contributed by atoms with Crippen molar-refractivity contribution in [3.63, 3.8) is 0 Å². The Morgan fingerprint density at radius 2 is 2.50 bits per heavy atom. The van der Waals surface area contributed by atoms with E-state index in [0.29, 0.717) is 6.04 Å². The molecule has 2 rings (SSSR count). The van der Waals surface area contributed by atoms with Gasteiger partial charge in [-0.3, -0.25) is 4.68 Å². The number of rotatable bonds is 3. The summed E-state index contributed by atoms with van der Waals surface area (Å²) in [5.74, 6) is 0. The highest BCUT2D eigenvalue weighted by Gasteiger charge is 2.21. The summed E-state index contributed by atoms with van der Waals surface area (Å²) >= 11 is 5.13. The third kappa shape index (κ3) is 2.45. The van der Waals surface area contributed by atoms with E-state index in [2.05, 4.69) is 15.7 Å². The Morgan fingerprint density at radius 3 is 3.07 bits per heavy atom. The van der Waals surface area contributed by atoms with Crippen molar-refractivity contribution in [3.05, 3.63) is 18.0 Å². The third-order valence-corrected chi connectivity index (χ3v) is 2.53. The predicted molar refractivity (Wildman–Crippen MR) is 58.8 cm³/mol. The van der Waals surface area contributed by atoms with Gasteiger partial charge in [0.15, 0.2) is 5.11 Å². The van der Waals surface area contributed by atoms with Crippen LogP contribution in [0, 0.1) is 0 Å². The molecule has 0 spiro atoms. The molecule has 0 atom stereocenters. The van der Waals surface area contributed by atoms with Crippen LogP contribution in [0.3, 0.4) is 0 Å². The van der Waals surface area contributed by atoms with Gasteiger partial charge >= 0.3 is 0 Å². The van der Waals surface area contributed by atoms with Crippen LogP contribution in [0.4, 0.5) is 0 Å². The second kappa shape index (κ2) is 3.96. The van der Waals surface area contributed by atoms with E-state index in [0.717, 1.165) is 17.4 Å². The summed E-state index contributed by atoms with van der Waals surface area (Å²) in [7, 11) is 1.92. The summed E-state index contributed by atoms with van der Waals surface area (Å²) in [6, 6.07) is 2.59. The summed E-state index contributed by atoms with van der Waals surface area (Å²) in [5, 5.41) is 11.2. The maximum absolute atomic E-state index is 5.13. The summed E-state index contributed by atoms with van der Waals surface area (Å²) in [4.78, 5) is 0. The Balaban J connectivity index is 1.76. The second-order valence-corrected chi connectivity index (χ2v) is 3.96. The average Bonchev–Trinajstić information content (AvgIpc) is 2.86. The van der Waals surface area contributed by atoms with E-state index in [1.165, 1.54) is 12.8 Å². The fourth-order valence-corrected chi connectivity index (χ4v) is 1.45. The van der Waals surface area contributed by atoms with E-state index in [9.17, 15) is 0 Å². The molecule has 1 aromatic rings. The molecule has 0 radical (unpaired) electrons. The molecular formula is C9H14N4S. The van der Waals surface area contributed by atoms with Gasteiger partial charge in [-0.1, -0.05) is 0 Å². The Bertz CT molecular complexity index is 329. The number of hydrogen-bond donors (Lipinski definition) is 2. The van der Waals surface area contributed by atoms with Crippen molar-refractivity contribution < 1.29 is 0 Å². The van der Waals surface area contributed by atoms with E-state index >= 15 is 0 Å². The third-order valence-electron chi connectivity index (χ3n) is 2.27. The van der Waals surface area contributed by atoms with Gasteiger partial charge in [0.2, 0.25) is 0 Å². The van der Waals surface area contributed by atoms with Crippen LogP contribution in [0.2, 0.25) is 0 Å².